The van der Waals surface area contributed by atoms with Crippen molar-refractivity contribution in [2.24, 2.45) is 0 Å². The van der Waals surface area contributed by atoms with Crippen LogP contribution in [-0.2, 0) is 6.54 Å². The first kappa shape index (κ1) is 12.3. The molecule has 1 heterocycles. The third-order valence-electron chi connectivity index (χ3n) is 2.23. The second kappa shape index (κ2) is 5.42. The number of halogens is 1. The first-order valence-electron chi connectivity index (χ1n) is 5.09. The largest absolute Gasteiger partial charge is 0.379 e. The normalized spacial score (nSPS) is 10.1. The average molecular weight is 265 g/mol. The number of nitrogens with one attached hydrogen (secondary N) is 1. The number of rotatable bonds is 4. The van der Waals surface area contributed by atoms with Crippen LogP contribution in [0.15, 0.2) is 36.8 Å². The number of anilines is 1. The Bertz CT molecular complexity index is 562. The number of hydrogen-bond donors (Lipinski definition) is 1. The molecule has 1 aromatic carbocycles. The summed E-state index contributed by atoms with van der Waals surface area (Å²) >= 11 is 5.80. The van der Waals surface area contributed by atoms with Crippen molar-refractivity contribution in [3.63, 3.8) is 0 Å². The van der Waals surface area contributed by atoms with E-state index in [0.29, 0.717) is 12.2 Å². The first-order chi connectivity index (χ1) is 8.66. The average Bonchev–Trinajstić information content (AvgIpc) is 2.37. The number of aromatic nitrogens is 2. The van der Waals surface area contributed by atoms with E-state index in [-0.39, 0.29) is 10.7 Å². The van der Waals surface area contributed by atoms with Crippen molar-refractivity contribution in [1.82, 2.24) is 9.97 Å². The third kappa shape index (κ3) is 2.92. The van der Waals surface area contributed by atoms with Crippen LogP contribution in [0.2, 0.25) is 5.02 Å². The van der Waals surface area contributed by atoms with Crippen molar-refractivity contribution < 1.29 is 4.92 Å². The van der Waals surface area contributed by atoms with Crippen LogP contribution < -0.4 is 5.32 Å². The van der Waals surface area contributed by atoms with Gasteiger partial charge in [-0.05, 0) is 12.1 Å². The van der Waals surface area contributed by atoms with Gasteiger partial charge in [0.25, 0.3) is 5.69 Å². The molecule has 1 N–H and O–H groups in total. The predicted octanol–water partition coefficient (Wildman–Crippen LogP) is 2.65. The summed E-state index contributed by atoms with van der Waals surface area (Å²) in [6, 6.07) is 4.47. The van der Waals surface area contributed by atoms with Gasteiger partial charge in [-0.25, -0.2) is 0 Å². The molecule has 0 aliphatic carbocycles. The lowest BCUT2D eigenvalue weighted by Gasteiger charge is -2.05. The van der Waals surface area contributed by atoms with E-state index in [9.17, 15) is 10.1 Å². The lowest BCUT2D eigenvalue weighted by atomic mass is 10.2. The van der Waals surface area contributed by atoms with E-state index in [2.05, 4.69) is 15.3 Å². The highest BCUT2D eigenvalue weighted by Gasteiger charge is 2.11. The molecule has 0 unspecified atom stereocenters. The fourth-order valence-corrected chi connectivity index (χ4v) is 1.63. The molecule has 92 valence electrons. The minimum absolute atomic E-state index is 0.101. The first-order valence-corrected chi connectivity index (χ1v) is 5.47. The Kier molecular flexibility index (Phi) is 3.69. The van der Waals surface area contributed by atoms with Gasteiger partial charge in [0, 0.05) is 24.1 Å². The van der Waals surface area contributed by atoms with Crippen LogP contribution in [0, 0.1) is 10.1 Å². The number of hydrogen-bond acceptors (Lipinski definition) is 5. The van der Waals surface area contributed by atoms with Gasteiger partial charge in [-0.2, -0.15) is 0 Å². The van der Waals surface area contributed by atoms with Gasteiger partial charge in [0.05, 0.1) is 23.4 Å². The second-order valence-corrected chi connectivity index (χ2v) is 3.88. The van der Waals surface area contributed by atoms with Crippen LogP contribution in [-0.4, -0.2) is 14.9 Å². The molecule has 2 rings (SSSR count). The van der Waals surface area contributed by atoms with Gasteiger partial charge >= 0.3 is 0 Å². The summed E-state index contributed by atoms with van der Waals surface area (Å²) in [4.78, 5) is 18.1. The molecule has 7 heteroatoms. The SMILES string of the molecule is O=[N+]([O-])c1ccc(NCc2cnccn2)cc1Cl. The number of nitro groups is 1. The summed E-state index contributed by atoms with van der Waals surface area (Å²) in [5.74, 6) is 0. The maximum atomic E-state index is 10.6. The molecule has 0 saturated carbocycles. The molecular weight excluding hydrogens is 256 g/mol. The van der Waals surface area contributed by atoms with E-state index >= 15 is 0 Å². The molecule has 0 aliphatic rings. The Balaban J connectivity index is 2.07. The van der Waals surface area contributed by atoms with E-state index in [1.54, 1.807) is 24.7 Å². The topological polar surface area (TPSA) is 81.0 Å². The lowest BCUT2D eigenvalue weighted by molar-refractivity contribution is -0.384. The van der Waals surface area contributed by atoms with Gasteiger partial charge in [0.2, 0.25) is 0 Å². The summed E-state index contributed by atoms with van der Waals surface area (Å²) < 4.78 is 0. The smallest absolute Gasteiger partial charge is 0.288 e. The summed E-state index contributed by atoms with van der Waals surface area (Å²) in [6.07, 6.45) is 4.83. The van der Waals surface area contributed by atoms with Crippen LogP contribution >= 0.6 is 11.6 Å². The van der Waals surface area contributed by atoms with Crippen LogP contribution in [0.1, 0.15) is 5.69 Å². The van der Waals surface area contributed by atoms with Gasteiger partial charge in [-0.15, -0.1) is 0 Å². The standard InChI is InChI=1S/C11H9ClN4O2/c12-10-5-8(1-2-11(10)16(17)18)15-7-9-6-13-3-4-14-9/h1-6,15H,7H2. The zero-order valence-corrected chi connectivity index (χ0v) is 9.96. The molecule has 0 atom stereocenters. The highest BCUT2D eigenvalue weighted by atomic mass is 35.5. The van der Waals surface area contributed by atoms with Crippen molar-refractivity contribution in [3.05, 3.63) is 57.6 Å². The highest BCUT2D eigenvalue weighted by Crippen LogP contribution is 2.27. The van der Waals surface area contributed by atoms with E-state index in [1.165, 1.54) is 12.1 Å². The minimum Gasteiger partial charge on any atom is -0.379 e. The van der Waals surface area contributed by atoms with Crippen LogP contribution in [0.25, 0.3) is 0 Å². The molecule has 2 aromatic rings. The summed E-state index contributed by atoms with van der Waals surface area (Å²) in [5.41, 5.74) is 1.35. The molecule has 0 amide bonds. The quantitative estimate of drug-likeness (QED) is 0.678. The van der Waals surface area contributed by atoms with Crippen LogP contribution in [0.4, 0.5) is 11.4 Å². The molecular formula is C11H9ClN4O2. The zero-order valence-electron chi connectivity index (χ0n) is 9.21. The maximum absolute atomic E-state index is 10.6. The lowest BCUT2D eigenvalue weighted by Crippen LogP contribution is -2.02. The Morgan fingerprint density at radius 2 is 2.22 bits per heavy atom. The van der Waals surface area contributed by atoms with Crippen molar-refractivity contribution in [2.45, 2.75) is 6.54 Å². The molecule has 6 nitrogen and oxygen atoms in total. The molecule has 1 aromatic heterocycles. The minimum atomic E-state index is -0.519. The Morgan fingerprint density at radius 3 is 2.83 bits per heavy atom. The van der Waals surface area contributed by atoms with E-state index in [1.807, 2.05) is 0 Å². The summed E-state index contributed by atoms with van der Waals surface area (Å²) in [7, 11) is 0. The molecule has 0 saturated heterocycles. The van der Waals surface area contributed by atoms with E-state index in [0.717, 1.165) is 5.69 Å². The summed E-state index contributed by atoms with van der Waals surface area (Å²) in [6.45, 7) is 0.474. The summed E-state index contributed by atoms with van der Waals surface area (Å²) in [5, 5.41) is 13.8. The fourth-order valence-electron chi connectivity index (χ4n) is 1.38. The van der Waals surface area contributed by atoms with Crippen molar-refractivity contribution in [2.75, 3.05) is 5.32 Å². The van der Waals surface area contributed by atoms with Crippen LogP contribution in [0.5, 0.6) is 0 Å². The Hall–Kier alpha value is -2.21. The zero-order chi connectivity index (χ0) is 13.0. The van der Waals surface area contributed by atoms with E-state index in [4.69, 9.17) is 11.6 Å². The third-order valence-corrected chi connectivity index (χ3v) is 2.54. The van der Waals surface area contributed by atoms with Crippen molar-refractivity contribution >= 4 is 23.0 Å². The molecule has 18 heavy (non-hydrogen) atoms. The predicted molar refractivity (Wildman–Crippen MR) is 67.5 cm³/mol. The maximum Gasteiger partial charge on any atom is 0.288 e. The molecule has 0 fully saturated rings. The fraction of sp³-hybridized carbons (Fsp3) is 0.0909. The molecule has 0 aliphatic heterocycles. The number of benzene rings is 1. The Labute approximate surface area is 108 Å². The van der Waals surface area contributed by atoms with Gasteiger partial charge in [0.15, 0.2) is 0 Å². The molecule has 0 spiro atoms. The van der Waals surface area contributed by atoms with Gasteiger partial charge in [-0.3, -0.25) is 20.1 Å². The van der Waals surface area contributed by atoms with Gasteiger partial charge in [-0.1, -0.05) is 11.6 Å². The number of nitrogens with zero attached hydrogens (tertiary/aromatic N) is 3. The number of nitro benzene ring substituents is 1. The highest BCUT2D eigenvalue weighted by molar-refractivity contribution is 6.32. The molecule has 0 bridgehead atoms. The van der Waals surface area contributed by atoms with E-state index < -0.39 is 4.92 Å². The Morgan fingerprint density at radius 1 is 1.39 bits per heavy atom. The second-order valence-electron chi connectivity index (χ2n) is 3.47. The van der Waals surface area contributed by atoms with Gasteiger partial charge in [0.1, 0.15) is 5.02 Å². The van der Waals surface area contributed by atoms with Gasteiger partial charge < -0.3 is 5.32 Å². The van der Waals surface area contributed by atoms with Crippen molar-refractivity contribution in [1.29, 1.82) is 0 Å². The molecule has 0 radical (unpaired) electrons. The van der Waals surface area contributed by atoms with Crippen molar-refractivity contribution in [3.8, 4) is 0 Å². The monoisotopic (exact) mass is 264 g/mol. The van der Waals surface area contributed by atoms with Crippen LogP contribution in [0.3, 0.4) is 0 Å².